The monoisotopic (exact) mass is 696 g/mol. The Morgan fingerprint density at radius 1 is 0.841 bits per heavy atom. The van der Waals surface area contributed by atoms with Crippen LogP contribution in [0.25, 0.3) is 11.4 Å². The maximum atomic E-state index is 13.2. The SMILES string of the molecule is Cc1c(C#N)c(C(=O)CN2C3CCC2[C@@H](O)C3)c(C)n1-c1ccc(C#N)cc1.Cc1cc(I)c(C)n1-c1ccc(C#N)cc1. The first kappa shape index (κ1) is 31.2. The third kappa shape index (κ3) is 5.69. The molecule has 2 aliphatic rings. The first-order chi connectivity index (χ1) is 21.1. The van der Waals surface area contributed by atoms with E-state index in [1.54, 1.807) is 12.1 Å². The normalized spacial score (nSPS) is 18.7. The Kier molecular flexibility index (Phi) is 9.08. The highest BCUT2D eigenvalue weighted by Gasteiger charge is 2.46. The predicted octanol–water partition coefficient (Wildman–Crippen LogP) is 6.19. The van der Waals surface area contributed by atoms with Crippen molar-refractivity contribution in [2.75, 3.05) is 6.54 Å². The molecule has 4 heterocycles. The maximum absolute atomic E-state index is 13.2. The molecule has 2 unspecified atom stereocenters. The molecular weight excluding hydrogens is 663 g/mol. The van der Waals surface area contributed by atoms with Crippen LogP contribution in [0.3, 0.4) is 0 Å². The van der Waals surface area contributed by atoms with E-state index in [1.165, 1.54) is 15.0 Å². The number of carbonyl (C=O) groups excluding carboxylic acids is 1. The summed E-state index contributed by atoms with van der Waals surface area (Å²) < 4.78 is 5.36. The van der Waals surface area contributed by atoms with Gasteiger partial charge in [-0.15, -0.1) is 0 Å². The molecule has 2 fully saturated rings. The summed E-state index contributed by atoms with van der Waals surface area (Å²) in [5.41, 5.74) is 7.96. The van der Waals surface area contributed by atoms with Crippen molar-refractivity contribution in [2.24, 2.45) is 0 Å². The number of fused-ring (bicyclic) bond motifs is 2. The van der Waals surface area contributed by atoms with Crippen molar-refractivity contribution in [2.45, 2.75) is 65.1 Å². The molecule has 0 aliphatic carbocycles. The molecule has 6 rings (SSSR count). The number of Topliss-reactive ketones (excluding diaryl/α,β-unsaturated/α-hetero) is 1. The summed E-state index contributed by atoms with van der Waals surface area (Å²) in [6.45, 7) is 8.12. The van der Waals surface area contributed by atoms with Crippen LogP contribution in [0.5, 0.6) is 0 Å². The summed E-state index contributed by atoms with van der Waals surface area (Å²) in [6.07, 6.45) is 2.32. The van der Waals surface area contributed by atoms with Crippen LogP contribution in [-0.4, -0.2) is 49.7 Å². The largest absolute Gasteiger partial charge is 0.391 e. The Bertz CT molecular complexity index is 1850. The fourth-order valence-corrected chi connectivity index (χ4v) is 7.44. The molecule has 3 atom stereocenters. The number of aryl methyl sites for hydroxylation is 1. The van der Waals surface area contributed by atoms with E-state index in [4.69, 9.17) is 10.5 Å². The number of nitriles is 3. The van der Waals surface area contributed by atoms with E-state index in [2.05, 4.69) is 70.2 Å². The molecule has 2 saturated heterocycles. The lowest BCUT2D eigenvalue weighted by molar-refractivity contribution is 0.0873. The molecule has 8 nitrogen and oxygen atoms in total. The average Bonchev–Trinajstić information content (AvgIpc) is 3.70. The molecule has 2 aliphatic heterocycles. The number of carbonyl (C=O) groups is 1. The summed E-state index contributed by atoms with van der Waals surface area (Å²) >= 11 is 2.34. The van der Waals surface area contributed by atoms with Gasteiger partial charge in [-0.1, -0.05) is 0 Å². The summed E-state index contributed by atoms with van der Waals surface area (Å²) in [6, 6.07) is 23.7. The number of hydrogen-bond donors (Lipinski definition) is 1. The van der Waals surface area contributed by atoms with E-state index in [-0.39, 0.29) is 30.5 Å². The highest BCUT2D eigenvalue weighted by molar-refractivity contribution is 14.1. The molecule has 222 valence electrons. The summed E-state index contributed by atoms with van der Waals surface area (Å²) in [7, 11) is 0. The number of ketones is 1. The zero-order chi connectivity index (χ0) is 31.7. The predicted molar refractivity (Wildman–Crippen MR) is 176 cm³/mol. The van der Waals surface area contributed by atoms with Crippen molar-refractivity contribution in [1.82, 2.24) is 14.0 Å². The second kappa shape index (κ2) is 12.8. The highest BCUT2D eigenvalue weighted by atomic mass is 127. The molecule has 0 radical (unpaired) electrons. The van der Waals surface area contributed by atoms with Gasteiger partial charge in [0.05, 0.1) is 47.0 Å². The fourth-order valence-electron chi connectivity index (χ4n) is 6.75. The quantitative estimate of drug-likeness (QED) is 0.196. The lowest BCUT2D eigenvalue weighted by Crippen LogP contribution is -2.36. The average molecular weight is 697 g/mol. The Morgan fingerprint density at radius 3 is 1.84 bits per heavy atom. The minimum Gasteiger partial charge on any atom is -0.391 e. The molecule has 2 bridgehead atoms. The number of rotatable bonds is 5. The molecule has 2 aromatic carbocycles. The maximum Gasteiger partial charge on any atom is 0.180 e. The number of halogens is 1. The molecular formula is C35H33IN6O2. The lowest BCUT2D eigenvalue weighted by Gasteiger charge is -2.21. The Morgan fingerprint density at radius 2 is 1.41 bits per heavy atom. The Labute approximate surface area is 271 Å². The minimum absolute atomic E-state index is 0.0569. The summed E-state index contributed by atoms with van der Waals surface area (Å²) in [4.78, 5) is 15.3. The van der Waals surface area contributed by atoms with E-state index < -0.39 is 0 Å². The van der Waals surface area contributed by atoms with Crippen molar-refractivity contribution < 1.29 is 9.90 Å². The van der Waals surface area contributed by atoms with E-state index >= 15 is 0 Å². The number of benzene rings is 2. The third-order valence-electron chi connectivity index (χ3n) is 8.89. The Hall–Kier alpha value is -4.21. The van der Waals surface area contributed by atoms with Gasteiger partial charge in [0.2, 0.25) is 0 Å². The van der Waals surface area contributed by atoms with Gasteiger partial charge in [-0.2, -0.15) is 15.8 Å². The van der Waals surface area contributed by atoms with Crippen LogP contribution >= 0.6 is 22.6 Å². The van der Waals surface area contributed by atoms with Gasteiger partial charge in [-0.25, -0.2) is 0 Å². The zero-order valence-corrected chi connectivity index (χ0v) is 27.3. The molecule has 1 N–H and O–H groups in total. The second-order valence-corrected chi connectivity index (χ2v) is 12.6. The molecule has 0 spiro atoms. The van der Waals surface area contributed by atoms with Crippen LogP contribution in [0, 0.1) is 65.3 Å². The van der Waals surface area contributed by atoms with E-state index in [9.17, 15) is 15.2 Å². The topological polar surface area (TPSA) is 122 Å². The van der Waals surface area contributed by atoms with Crippen LogP contribution in [0.15, 0.2) is 54.6 Å². The number of aromatic nitrogens is 2. The molecule has 9 heteroatoms. The Balaban J connectivity index is 0.000000204. The van der Waals surface area contributed by atoms with Crippen molar-refractivity contribution in [3.63, 3.8) is 0 Å². The summed E-state index contributed by atoms with van der Waals surface area (Å²) in [5.74, 6) is -0.0736. The summed E-state index contributed by atoms with van der Waals surface area (Å²) in [5, 5.41) is 37.6. The fraction of sp³-hybridized carbons (Fsp3) is 0.314. The highest BCUT2D eigenvalue weighted by Crippen LogP contribution is 2.38. The molecule has 2 aromatic heterocycles. The number of aliphatic hydroxyl groups excluding tert-OH is 1. The number of aliphatic hydroxyl groups is 1. The second-order valence-electron chi connectivity index (χ2n) is 11.4. The van der Waals surface area contributed by atoms with Crippen LogP contribution in [0.1, 0.15) is 69.1 Å². The van der Waals surface area contributed by atoms with Gasteiger partial charge in [0.25, 0.3) is 0 Å². The zero-order valence-electron chi connectivity index (χ0n) is 25.2. The van der Waals surface area contributed by atoms with E-state index in [1.807, 2.05) is 54.8 Å². The van der Waals surface area contributed by atoms with Crippen LogP contribution in [-0.2, 0) is 0 Å². The minimum atomic E-state index is -0.354. The van der Waals surface area contributed by atoms with Crippen molar-refractivity contribution in [3.8, 4) is 29.6 Å². The van der Waals surface area contributed by atoms with Crippen LogP contribution in [0.2, 0.25) is 0 Å². The third-order valence-corrected chi connectivity index (χ3v) is 9.98. The number of hydrogen-bond acceptors (Lipinski definition) is 6. The van der Waals surface area contributed by atoms with E-state index in [0.29, 0.717) is 22.3 Å². The molecule has 44 heavy (non-hydrogen) atoms. The first-order valence-corrected chi connectivity index (χ1v) is 15.6. The smallest absolute Gasteiger partial charge is 0.180 e. The van der Waals surface area contributed by atoms with Gasteiger partial charge in [0.1, 0.15) is 6.07 Å². The first-order valence-electron chi connectivity index (χ1n) is 14.5. The van der Waals surface area contributed by atoms with Gasteiger partial charge in [-0.05, 0) is 124 Å². The number of nitrogens with zero attached hydrogens (tertiary/aromatic N) is 6. The van der Waals surface area contributed by atoms with Gasteiger partial charge in [-0.3, -0.25) is 9.69 Å². The van der Waals surface area contributed by atoms with Gasteiger partial charge in [0.15, 0.2) is 5.78 Å². The van der Waals surface area contributed by atoms with Crippen molar-refractivity contribution in [3.05, 3.63) is 103 Å². The molecule has 0 amide bonds. The van der Waals surface area contributed by atoms with Gasteiger partial charge < -0.3 is 14.2 Å². The van der Waals surface area contributed by atoms with Crippen molar-refractivity contribution in [1.29, 1.82) is 15.8 Å². The standard InChI is InChI=1S/C22H22N4O2.C13H11IN2/c1-13-18(11-24)22(14(2)26(13)16-5-3-15(10-23)4-6-16)21(28)12-25-17-7-8-19(25)20(27)9-17;1-9-7-13(14)10(2)16(9)12-5-3-11(8-15)4-6-12/h3-6,17,19-20,27H,7-9,12H2,1-2H3;3-7H,1-2H3/t17?,19?,20-;/m0./s1. The lowest BCUT2D eigenvalue weighted by atomic mass is 9.98. The molecule has 4 aromatic rings. The van der Waals surface area contributed by atoms with Crippen LogP contribution in [0.4, 0.5) is 0 Å². The van der Waals surface area contributed by atoms with Crippen LogP contribution < -0.4 is 0 Å². The van der Waals surface area contributed by atoms with E-state index in [0.717, 1.165) is 42.0 Å². The molecule has 0 saturated carbocycles. The van der Waals surface area contributed by atoms with Gasteiger partial charge >= 0.3 is 0 Å². The van der Waals surface area contributed by atoms with Gasteiger partial charge in [0, 0.05) is 49.8 Å². The van der Waals surface area contributed by atoms with Crippen molar-refractivity contribution >= 4 is 28.4 Å².